The second-order valence-corrected chi connectivity index (χ2v) is 7.75. The zero-order chi connectivity index (χ0) is 14.6. The SMILES string of the molecule is CSC1(CNC(C)c2cc(C)cc(C)c2)CCCCC1. The van der Waals surface area contributed by atoms with Crippen LogP contribution in [0.2, 0.25) is 0 Å². The normalized spacial score (nSPS) is 19.8. The number of aryl methyl sites for hydroxylation is 2. The lowest BCUT2D eigenvalue weighted by molar-refractivity contribution is 0.367. The van der Waals surface area contributed by atoms with E-state index in [2.05, 4.69) is 62.3 Å². The van der Waals surface area contributed by atoms with E-state index in [1.807, 2.05) is 0 Å². The molecule has 0 aromatic heterocycles. The molecule has 1 nitrogen and oxygen atoms in total. The molecule has 0 radical (unpaired) electrons. The predicted octanol–water partition coefficient (Wildman–Crippen LogP) is 5.02. The first-order valence-electron chi connectivity index (χ1n) is 7.91. The van der Waals surface area contributed by atoms with Gasteiger partial charge in [0.1, 0.15) is 0 Å². The highest BCUT2D eigenvalue weighted by Crippen LogP contribution is 2.38. The van der Waals surface area contributed by atoms with Crippen molar-refractivity contribution in [3.8, 4) is 0 Å². The Labute approximate surface area is 128 Å². The van der Waals surface area contributed by atoms with Gasteiger partial charge >= 0.3 is 0 Å². The summed E-state index contributed by atoms with van der Waals surface area (Å²) in [6.07, 6.45) is 9.27. The number of thioether (sulfide) groups is 1. The third-order valence-electron chi connectivity index (χ3n) is 4.67. The average Bonchev–Trinajstić information content (AvgIpc) is 2.45. The topological polar surface area (TPSA) is 12.0 Å². The Morgan fingerprint density at radius 1 is 1.10 bits per heavy atom. The fourth-order valence-corrected chi connectivity index (χ4v) is 4.29. The number of benzene rings is 1. The number of rotatable bonds is 5. The summed E-state index contributed by atoms with van der Waals surface area (Å²) in [4.78, 5) is 0. The maximum Gasteiger partial charge on any atom is 0.0292 e. The maximum absolute atomic E-state index is 3.79. The molecule has 1 aliphatic carbocycles. The van der Waals surface area contributed by atoms with E-state index in [9.17, 15) is 0 Å². The zero-order valence-corrected chi connectivity index (χ0v) is 14.3. The lowest BCUT2D eigenvalue weighted by Gasteiger charge is -2.37. The van der Waals surface area contributed by atoms with E-state index >= 15 is 0 Å². The highest BCUT2D eigenvalue weighted by Gasteiger charge is 2.31. The molecule has 112 valence electrons. The van der Waals surface area contributed by atoms with Gasteiger partial charge in [0, 0.05) is 17.3 Å². The third kappa shape index (κ3) is 4.02. The zero-order valence-electron chi connectivity index (χ0n) is 13.5. The van der Waals surface area contributed by atoms with Crippen molar-refractivity contribution in [2.75, 3.05) is 12.8 Å². The molecule has 1 fully saturated rings. The Hall–Kier alpha value is -0.470. The van der Waals surface area contributed by atoms with Gasteiger partial charge < -0.3 is 5.32 Å². The van der Waals surface area contributed by atoms with Gasteiger partial charge in [0.15, 0.2) is 0 Å². The molecule has 0 amide bonds. The van der Waals surface area contributed by atoms with E-state index in [1.54, 1.807) is 0 Å². The smallest absolute Gasteiger partial charge is 0.0292 e. The molecule has 1 atom stereocenters. The van der Waals surface area contributed by atoms with E-state index in [0.717, 1.165) is 6.54 Å². The Bertz CT molecular complexity index is 415. The third-order valence-corrected chi connectivity index (χ3v) is 6.09. The average molecular weight is 292 g/mol. The van der Waals surface area contributed by atoms with Gasteiger partial charge in [-0.1, -0.05) is 48.6 Å². The molecule has 0 spiro atoms. The molecule has 1 aliphatic rings. The van der Waals surface area contributed by atoms with E-state index in [0.29, 0.717) is 10.8 Å². The summed E-state index contributed by atoms with van der Waals surface area (Å²) >= 11 is 2.07. The lowest BCUT2D eigenvalue weighted by atomic mass is 9.88. The number of hydrogen-bond acceptors (Lipinski definition) is 2. The highest BCUT2D eigenvalue weighted by atomic mass is 32.2. The van der Waals surface area contributed by atoms with E-state index < -0.39 is 0 Å². The summed E-state index contributed by atoms with van der Waals surface area (Å²) in [5.41, 5.74) is 4.16. The van der Waals surface area contributed by atoms with Crippen molar-refractivity contribution in [2.24, 2.45) is 0 Å². The molecule has 1 unspecified atom stereocenters. The minimum absolute atomic E-state index is 0.444. The highest BCUT2D eigenvalue weighted by molar-refractivity contribution is 8.00. The fourth-order valence-electron chi connectivity index (χ4n) is 3.37. The van der Waals surface area contributed by atoms with Gasteiger partial charge in [-0.05, 0) is 45.4 Å². The number of hydrogen-bond donors (Lipinski definition) is 1. The van der Waals surface area contributed by atoms with Crippen molar-refractivity contribution >= 4 is 11.8 Å². The van der Waals surface area contributed by atoms with Crippen LogP contribution in [0.25, 0.3) is 0 Å². The summed E-state index contributed by atoms with van der Waals surface area (Å²) in [7, 11) is 0. The van der Waals surface area contributed by atoms with Gasteiger partial charge in [0.25, 0.3) is 0 Å². The Morgan fingerprint density at radius 3 is 2.25 bits per heavy atom. The molecule has 1 saturated carbocycles. The monoisotopic (exact) mass is 291 g/mol. The summed E-state index contributed by atoms with van der Waals surface area (Å²) in [6.45, 7) is 7.81. The van der Waals surface area contributed by atoms with Crippen LogP contribution in [0.1, 0.15) is 61.8 Å². The number of nitrogens with one attached hydrogen (secondary N) is 1. The minimum atomic E-state index is 0.444. The summed E-state index contributed by atoms with van der Waals surface area (Å²) < 4.78 is 0.478. The second kappa shape index (κ2) is 7.00. The van der Waals surface area contributed by atoms with Gasteiger partial charge in [0.05, 0.1) is 0 Å². The van der Waals surface area contributed by atoms with Crippen molar-refractivity contribution in [1.29, 1.82) is 0 Å². The first-order valence-corrected chi connectivity index (χ1v) is 9.14. The van der Waals surface area contributed by atoms with E-state index in [1.165, 1.54) is 48.8 Å². The molecular weight excluding hydrogens is 262 g/mol. The van der Waals surface area contributed by atoms with Gasteiger partial charge in [0.2, 0.25) is 0 Å². The molecule has 0 aliphatic heterocycles. The Morgan fingerprint density at radius 2 is 1.70 bits per heavy atom. The predicted molar refractivity (Wildman–Crippen MR) is 91.7 cm³/mol. The minimum Gasteiger partial charge on any atom is -0.309 e. The Balaban J connectivity index is 1.98. The van der Waals surface area contributed by atoms with Gasteiger partial charge in [-0.2, -0.15) is 11.8 Å². The molecular formula is C18H29NS. The van der Waals surface area contributed by atoms with Crippen LogP contribution in [0, 0.1) is 13.8 Å². The molecule has 0 bridgehead atoms. The van der Waals surface area contributed by atoms with Crippen molar-refractivity contribution in [3.05, 3.63) is 34.9 Å². The van der Waals surface area contributed by atoms with Crippen LogP contribution in [0.15, 0.2) is 18.2 Å². The summed E-state index contributed by atoms with van der Waals surface area (Å²) in [5, 5.41) is 3.79. The van der Waals surface area contributed by atoms with Crippen molar-refractivity contribution in [1.82, 2.24) is 5.32 Å². The van der Waals surface area contributed by atoms with Crippen molar-refractivity contribution < 1.29 is 0 Å². The van der Waals surface area contributed by atoms with Gasteiger partial charge in [-0.15, -0.1) is 0 Å². The Kier molecular flexibility index (Phi) is 5.57. The summed E-state index contributed by atoms with van der Waals surface area (Å²) in [6, 6.07) is 7.33. The summed E-state index contributed by atoms with van der Waals surface area (Å²) in [5.74, 6) is 0. The molecule has 20 heavy (non-hydrogen) atoms. The van der Waals surface area contributed by atoms with Crippen LogP contribution < -0.4 is 5.32 Å². The van der Waals surface area contributed by atoms with Crippen LogP contribution in [0.5, 0.6) is 0 Å². The first-order chi connectivity index (χ1) is 9.54. The fraction of sp³-hybridized carbons (Fsp3) is 0.667. The lowest BCUT2D eigenvalue weighted by Crippen LogP contribution is -2.40. The maximum atomic E-state index is 3.79. The molecule has 1 N–H and O–H groups in total. The van der Waals surface area contributed by atoms with Crippen LogP contribution in [-0.2, 0) is 0 Å². The molecule has 2 heteroatoms. The first kappa shape index (κ1) is 15.9. The van der Waals surface area contributed by atoms with Gasteiger partial charge in [-0.25, -0.2) is 0 Å². The van der Waals surface area contributed by atoms with Crippen LogP contribution in [0.4, 0.5) is 0 Å². The second-order valence-electron chi connectivity index (χ2n) is 6.47. The van der Waals surface area contributed by atoms with Crippen LogP contribution >= 0.6 is 11.8 Å². The molecule has 0 heterocycles. The molecule has 2 rings (SSSR count). The van der Waals surface area contributed by atoms with Crippen LogP contribution in [-0.4, -0.2) is 17.5 Å². The van der Waals surface area contributed by atoms with Crippen molar-refractivity contribution in [3.63, 3.8) is 0 Å². The van der Waals surface area contributed by atoms with E-state index in [-0.39, 0.29) is 0 Å². The molecule has 1 aromatic rings. The largest absolute Gasteiger partial charge is 0.309 e. The molecule has 0 saturated heterocycles. The quantitative estimate of drug-likeness (QED) is 0.817. The van der Waals surface area contributed by atoms with Gasteiger partial charge in [-0.3, -0.25) is 0 Å². The molecule has 1 aromatic carbocycles. The van der Waals surface area contributed by atoms with Crippen molar-refractivity contribution in [2.45, 2.75) is 63.7 Å². The standard InChI is InChI=1S/C18H29NS/c1-14-10-15(2)12-17(11-14)16(3)19-13-18(20-4)8-6-5-7-9-18/h10-12,16,19H,5-9,13H2,1-4H3. The van der Waals surface area contributed by atoms with Crippen LogP contribution in [0.3, 0.4) is 0 Å². The van der Waals surface area contributed by atoms with E-state index in [4.69, 9.17) is 0 Å².